The quantitative estimate of drug-likeness (QED) is 0.633. The van der Waals surface area contributed by atoms with Crippen LogP contribution in [0.5, 0.6) is 0 Å². The van der Waals surface area contributed by atoms with E-state index in [2.05, 4.69) is 43.1 Å². The van der Waals surface area contributed by atoms with E-state index in [-0.39, 0.29) is 11.0 Å². The third kappa shape index (κ3) is 3.15. The van der Waals surface area contributed by atoms with Gasteiger partial charge in [0, 0.05) is 5.41 Å². The number of hydrogen-bond acceptors (Lipinski definition) is 3. The van der Waals surface area contributed by atoms with Gasteiger partial charge < -0.3 is 11.1 Å². The predicted molar refractivity (Wildman–Crippen MR) is 78.7 cm³/mol. The summed E-state index contributed by atoms with van der Waals surface area (Å²) in [5.74, 6) is 0.724. The van der Waals surface area contributed by atoms with Gasteiger partial charge in [0.2, 0.25) is 0 Å². The minimum absolute atomic E-state index is 0.00901. The van der Waals surface area contributed by atoms with Gasteiger partial charge in [0.25, 0.3) is 0 Å². The number of hydrogen-bond donors (Lipinski definition) is 2. The lowest BCUT2D eigenvalue weighted by molar-refractivity contribution is 0.326. The lowest BCUT2D eigenvalue weighted by atomic mass is 9.80. The Bertz CT molecular complexity index is 460. The lowest BCUT2D eigenvalue weighted by Gasteiger charge is -2.33. The second kappa shape index (κ2) is 4.96. The van der Waals surface area contributed by atoms with E-state index >= 15 is 0 Å². The van der Waals surface area contributed by atoms with E-state index < -0.39 is 0 Å². The summed E-state index contributed by atoms with van der Waals surface area (Å²) < 4.78 is 1.92. The Morgan fingerprint density at radius 1 is 1.42 bits per heavy atom. The molecule has 1 aliphatic heterocycles. The summed E-state index contributed by atoms with van der Waals surface area (Å²) in [7, 11) is 0. The van der Waals surface area contributed by atoms with E-state index in [4.69, 9.17) is 5.73 Å². The third-order valence-corrected chi connectivity index (χ3v) is 3.83. The van der Waals surface area contributed by atoms with Crippen molar-refractivity contribution < 1.29 is 0 Å². The smallest absolute Gasteiger partial charge is 0.106 e. The molecular weight excluding hydrogens is 238 g/mol. The molecule has 2 rings (SSSR count). The van der Waals surface area contributed by atoms with E-state index in [1.165, 1.54) is 0 Å². The second-order valence-corrected chi connectivity index (χ2v) is 6.62. The van der Waals surface area contributed by atoms with Crippen LogP contribution < -0.4 is 11.1 Å². The first-order valence-electron chi connectivity index (χ1n) is 6.92. The van der Waals surface area contributed by atoms with Crippen molar-refractivity contribution in [3.05, 3.63) is 12.4 Å². The number of rotatable bonds is 2. The first kappa shape index (κ1) is 14.1. The average molecular weight is 263 g/mol. The van der Waals surface area contributed by atoms with Crippen molar-refractivity contribution in [3.8, 4) is 0 Å². The van der Waals surface area contributed by atoms with E-state index in [9.17, 15) is 0 Å². The molecule has 0 atom stereocenters. The Hall–Kier alpha value is -1.36. The maximum Gasteiger partial charge on any atom is 0.106 e. The Kier molecular flexibility index (Phi) is 3.67. The van der Waals surface area contributed by atoms with Gasteiger partial charge in [0.15, 0.2) is 0 Å². The summed E-state index contributed by atoms with van der Waals surface area (Å²) in [4.78, 5) is 4.57. The molecule has 0 aliphatic carbocycles. The first-order chi connectivity index (χ1) is 8.81. The van der Waals surface area contributed by atoms with Crippen molar-refractivity contribution in [2.75, 3.05) is 13.1 Å². The zero-order valence-electron chi connectivity index (χ0n) is 12.4. The number of aliphatic imine (C=N–C) groups is 1. The molecule has 3 N–H and O–H groups in total. The predicted octanol–water partition coefficient (Wildman–Crippen LogP) is 2.02. The highest BCUT2D eigenvalue weighted by atomic mass is 15.3. The fraction of sp³-hybridized carbons (Fsp3) is 0.714. The normalized spacial score (nSPS) is 20.5. The van der Waals surface area contributed by atoms with E-state index in [1.807, 2.05) is 10.9 Å². The van der Waals surface area contributed by atoms with Crippen LogP contribution in [-0.4, -0.2) is 28.7 Å². The van der Waals surface area contributed by atoms with Crippen LogP contribution in [0.1, 0.15) is 40.5 Å². The van der Waals surface area contributed by atoms with Gasteiger partial charge >= 0.3 is 0 Å². The van der Waals surface area contributed by atoms with Gasteiger partial charge in [0.1, 0.15) is 11.5 Å². The van der Waals surface area contributed by atoms with E-state index in [1.54, 1.807) is 6.20 Å². The molecule has 1 aromatic rings. The standard InChI is InChI=1S/C14H25N5/c1-13(2,3)19-10-11(9-17-19)18-12(15)14(4)5-7-16-8-6-14/h9-10,16H,5-8H2,1-4H3,(H2,15,18). The van der Waals surface area contributed by atoms with Gasteiger partial charge in [-0.25, -0.2) is 4.99 Å². The minimum atomic E-state index is -0.0266. The molecular formula is C14H25N5. The van der Waals surface area contributed by atoms with Crippen LogP contribution in [0.15, 0.2) is 17.4 Å². The van der Waals surface area contributed by atoms with Gasteiger partial charge in [-0.3, -0.25) is 4.68 Å². The fourth-order valence-electron chi connectivity index (χ4n) is 2.25. The highest BCUT2D eigenvalue weighted by Crippen LogP contribution is 2.29. The van der Waals surface area contributed by atoms with Crippen molar-refractivity contribution in [2.24, 2.45) is 16.1 Å². The topological polar surface area (TPSA) is 68.2 Å². The van der Waals surface area contributed by atoms with Crippen LogP contribution >= 0.6 is 0 Å². The monoisotopic (exact) mass is 263 g/mol. The number of nitrogens with two attached hydrogens (primary N) is 1. The molecule has 2 heterocycles. The number of amidine groups is 1. The SMILES string of the molecule is CC1(C(N)=Nc2cnn(C(C)(C)C)c2)CCNCC1. The zero-order chi connectivity index (χ0) is 14.1. The van der Waals surface area contributed by atoms with E-state index in [0.717, 1.165) is 37.5 Å². The number of piperidine rings is 1. The molecule has 0 aromatic carbocycles. The molecule has 5 heteroatoms. The summed E-state index contributed by atoms with van der Waals surface area (Å²) in [5, 5.41) is 7.71. The van der Waals surface area contributed by atoms with Crippen LogP contribution in [0.2, 0.25) is 0 Å². The van der Waals surface area contributed by atoms with Gasteiger partial charge in [-0.05, 0) is 46.7 Å². The van der Waals surface area contributed by atoms with Crippen LogP contribution in [0.3, 0.4) is 0 Å². The molecule has 0 unspecified atom stereocenters. The zero-order valence-corrected chi connectivity index (χ0v) is 12.4. The summed E-state index contributed by atoms with van der Waals surface area (Å²) in [6, 6.07) is 0. The Balaban J connectivity index is 2.18. The minimum Gasteiger partial charge on any atom is -0.387 e. The van der Waals surface area contributed by atoms with Crippen LogP contribution in [-0.2, 0) is 5.54 Å². The summed E-state index contributed by atoms with van der Waals surface area (Å²) >= 11 is 0. The van der Waals surface area contributed by atoms with Crippen molar-refractivity contribution in [2.45, 2.75) is 46.1 Å². The van der Waals surface area contributed by atoms with Crippen molar-refractivity contribution in [3.63, 3.8) is 0 Å². The summed E-state index contributed by atoms with van der Waals surface area (Å²) in [6.07, 6.45) is 5.81. The summed E-state index contributed by atoms with van der Waals surface area (Å²) in [5.41, 5.74) is 7.04. The van der Waals surface area contributed by atoms with Crippen molar-refractivity contribution >= 4 is 11.5 Å². The van der Waals surface area contributed by atoms with Crippen LogP contribution in [0.4, 0.5) is 5.69 Å². The van der Waals surface area contributed by atoms with Gasteiger partial charge in [-0.15, -0.1) is 0 Å². The molecule has 106 valence electrons. The molecule has 1 aromatic heterocycles. The van der Waals surface area contributed by atoms with Crippen molar-refractivity contribution in [1.82, 2.24) is 15.1 Å². The maximum absolute atomic E-state index is 6.22. The maximum atomic E-state index is 6.22. The second-order valence-electron chi connectivity index (χ2n) is 6.62. The Morgan fingerprint density at radius 2 is 2.05 bits per heavy atom. The molecule has 5 nitrogen and oxygen atoms in total. The molecule has 0 amide bonds. The van der Waals surface area contributed by atoms with Crippen LogP contribution in [0, 0.1) is 5.41 Å². The van der Waals surface area contributed by atoms with E-state index in [0.29, 0.717) is 0 Å². The molecule has 1 saturated heterocycles. The highest BCUT2D eigenvalue weighted by Gasteiger charge is 2.30. The lowest BCUT2D eigenvalue weighted by Crippen LogP contribution is -2.43. The number of nitrogens with zero attached hydrogens (tertiary/aromatic N) is 3. The molecule has 1 aliphatic rings. The molecule has 19 heavy (non-hydrogen) atoms. The molecule has 0 radical (unpaired) electrons. The third-order valence-electron chi connectivity index (χ3n) is 3.83. The Labute approximate surface area is 115 Å². The molecule has 0 spiro atoms. The van der Waals surface area contributed by atoms with Crippen molar-refractivity contribution in [1.29, 1.82) is 0 Å². The average Bonchev–Trinajstić information content (AvgIpc) is 2.78. The van der Waals surface area contributed by atoms with Gasteiger partial charge in [-0.2, -0.15) is 5.10 Å². The van der Waals surface area contributed by atoms with Crippen LogP contribution in [0.25, 0.3) is 0 Å². The highest BCUT2D eigenvalue weighted by molar-refractivity contribution is 5.88. The largest absolute Gasteiger partial charge is 0.387 e. The molecule has 1 fully saturated rings. The molecule has 0 saturated carbocycles. The molecule has 0 bridgehead atoms. The van der Waals surface area contributed by atoms with Gasteiger partial charge in [-0.1, -0.05) is 6.92 Å². The fourth-order valence-corrected chi connectivity index (χ4v) is 2.25. The number of aromatic nitrogens is 2. The van der Waals surface area contributed by atoms with Gasteiger partial charge in [0.05, 0.1) is 17.9 Å². The summed E-state index contributed by atoms with van der Waals surface area (Å²) in [6.45, 7) is 10.6. The number of nitrogens with one attached hydrogen (secondary N) is 1. The Morgan fingerprint density at radius 3 is 2.58 bits per heavy atom. The first-order valence-corrected chi connectivity index (χ1v) is 6.92.